The number of rotatable bonds is 2. The lowest BCUT2D eigenvalue weighted by molar-refractivity contribution is 0.152. The van der Waals surface area contributed by atoms with E-state index in [0.717, 1.165) is 19.6 Å². The topological polar surface area (TPSA) is 32.7 Å². The Morgan fingerprint density at radius 3 is 3.00 bits per heavy atom. The third kappa shape index (κ3) is 2.33. The molecule has 1 saturated heterocycles. The number of nitrogens with zero attached hydrogens (tertiary/aromatic N) is 1. The van der Waals surface area contributed by atoms with E-state index in [-0.39, 0.29) is 12.4 Å². The van der Waals surface area contributed by atoms with Gasteiger partial charge in [-0.1, -0.05) is 12.1 Å². The van der Waals surface area contributed by atoms with E-state index in [9.17, 15) is 9.50 Å². The van der Waals surface area contributed by atoms with E-state index in [1.165, 1.54) is 6.07 Å². The van der Waals surface area contributed by atoms with Crippen molar-refractivity contribution in [2.75, 3.05) is 31.2 Å². The van der Waals surface area contributed by atoms with Gasteiger partial charge in [0, 0.05) is 25.3 Å². The van der Waals surface area contributed by atoms with Crippen molar-refractivity contribution in [1.29, 1.82) is 0 Å². The van der Waals surface area contributed by atoms with E-state index in [1.807, 2.05) is 4.90 Å². The van der Waals surface area contributed by atoms with Gasteiger partial charge in [0.05, 0.1) is 18.9 Å². The molecule has 2 rings (SSSR count). The molecule has 16 heavy (non-hydrogen) atoms. The van der Waals surface area contributed by atoms with Crippen molar-refractivity contribution in [3.05, 3.63) is 29.6 Å². The maximum absolute atomic E-state index is 13.8. The summed E-state index contributed by atoms with van der Waals surface area (Å²) in [5.41, 5.74) is 1.16. The first-order chi connectivity index (χ1) is 7.83. The van der Waals surface area contributed by atoms with Crippen LogP contribution in [0, 0.1) is 5.82 Å². The molecule has 88 valence electrons. The molecule has 0 atom stereocenters. The molecular formula is C12H16FNO2. The van der Waals surface area contributed by atoms with Crippen LogP contribution in [0.2, 0.25) is 0 Å². The first-order valence-electron chi connectivity index (χ1n) is 5.54. The molecule has 0 aliphatic carbocycles. The number of halogens is 1. The minimum atomic E-state index is -0.270. The fourth-order valence-corrected chi connectivity index (χ4v) is 2.01. The summed E-state index contributed by atoms with van der Waals surface area (Å²) in [5.74, 6) is -0.270. The molecule has 1 heterocycles. The summed E-state index contributed by atoms with van der Waals surface area (Å²) in [7, 11) is 0. The van der Waals surface area contributed by atoms with Gasteiger partial charge in [-0.15, -0.1) is 0 Å². The number of ether oxygens (including phenoxy) is 1. The lowest BCUT2D eigenvalue weighted by Gasteiger charge is -2.24. The number of anilines is 1. The van der Waals surface area contributed by atoms with Gasteiger partial charge in [-0.25, -0.2) is 4.39 Å². The second-order valence-corrected chi connectivity index (χ2v) is 3.86. The van der Waals surface area contributed by atoms with Gasteiger partial charge in [0.1, 0.15) is 5.82 Å². The van der Waals surface area contributed by atoms with Gasteiger partial charge in [0.15, 0.2) is 0 Å². The van der Waals surface area contributed by atoms with Gasteiger partial charge in [-0.3, -0.25) is 0 Å². The van der Waals surface area contributed by atoms with E-state index >= 15 is 0 Å². The molecule has 1 aromatic carbocycles. The lowest BCUT2D eigenvalue weighted by Crippen LogP contribution is -2.28. The summed E-state index contributed by atoms with van der Waals surface area (Å²) >= 11 is 0. The number of aliphatic hydroxyl groups is 1. The molecular weight excluding hydrogens is 209 g/mol. The molecule has 0 spiro atoms. The van der Waals surface area contributed by atoms with Gasteiger partial charge in [-0.05, 0) is 12.5 Å². The molecule has 0 radical (unpaired) electrons. The van der Waals surface area contributed by atoms with Crippen LogP contribution in [0.15, 0.2) is 18.2 Å². The molecule has 1 aromatic rings. The van der Waals surface area contributed by atoms with Crippen LogP contribution in [-0.4, -0.2) is 31.4 Å². The summed E-state index contributed by atoms with van der Waals surface area (Å²) in [6.45, 7) is 2.64. The quantitative estimate of drug-likeness (QED) is 0.828. The highest BCUT2D eigenvalue weighted by molar-refractivity contribution is 5.54. The Morgan fingerprint density at radius 1 is 1.31 bits per heavy atom. The molecule has 1 aliphatic heterocycles. The Balaban J connectivity index is 2.29. The SMILES string of the molecule is OCc1cccc(F)c1N1CCCOCC1. The maximum Gasteiger partial charge on any atom is 0.146 e. The van der Waals surface area contributed by atoms with Crippen molar-refractivity contribution >= 4 is 5.69 Å². The molecule has 1 fully saturated rings. The molecule has 4 heteroatoms. The molecule has 0 unspecified atom stereocenters. The highest BCUT2D eigenvalue weighted by atomic mass is 19.1. The molecule has 3 nitrogen and oxygen atoms in total. The number of hydrogen-bond donors (Lipinski definition) is 1. The molecule has 0 amide bonds. The van der Waals surface area contributed by atoms with E-state index in [0.29, 0.717) is 24.4 Å². The van der Waals surface area contributed by atoms with Crippen LogP contribution in [0.3, 0.4) is 0 Å². The Hall–Kier alpha value is -1.13. The van der Waals surface area contributed by atoms with E-state index < -0.39 is 0 Å². The van der Waals surface area contributed by atoms with Gasteiger partial charge >= 0.3 is 0 Å². The van der Waals surface area contributed by atoms with Crippen LogP contribution in [0.25, 0.3) is 0 Å². The van der Waals surface area contributed by atoms with Crippen molar-refractivity contribution < 1.29 is 14.2 Å². The monoisotopic (exact) mass is 225 g/mol. The van der Waals surface area contributed by atoms with Crippen LogP contribution < -0.4 is 4.90 Å². The van der Waals surface area contributed by atoms with Crippen molar-refractivity contribution in [3.63, 3.8) is 0 Å². The third-order valence-electron chi connectivity index (χ3n) is 2.78. The van der Waals surface area contributed by atoms with Gasteiger partial charge in [0.2, 0.25) is 0 Å². The van der Waals surface area contributed by atoms with Crippen LogP contribution in [0.5, 0.6) is 0 Å². The highest BCUT2D eigenvalue weighted by Gasteiger charge is 2.17. The molecule has 0 bridgehead atoms. The van der Waals surface area contributed by atoms with Crippen LogP contribution >= 0.6 is 0 Å². The minimum Gasteiger partial charge on any atom is -0.392 e. The summed E-state index contributed by atoms with van der Waals surface area (Å²) in [6.07, 6.45) is 0.888. The minimum absolute atomic E-state index is 0.134. The summed E-state index contributed by atoms with van der Waals surface area (Å²) in [5, 5.41) is 9.22. The molecule has 1 aliphatic rings. The number of para-hydroxylation sites is 1. The van der Waals surface area contributed by atoms with Gasteiger partial charge < -0.3 is 14.7 Å². The molecule has 0 saturated carbocycles. The van der Waals surface area contributed by atoms with Crippen LogP contribution in [-0.2, 0) is 11.3 Å². The number of benzene rings is 1. The molecule has 0 aromatic heterocycles. The van der Waals surface area contributed by atoms with Crippen LogP contribution in [0.4, 0.5) is 10.1 Å². The number of hydrogen-bond acceptors (Lipinski definition) is 3. The Morgan fingerprint density at radius 2 is 2.19 bits per heavy atom. The summed E-state index contributed by atoms with van der Waals surface area (Å²) in [4.78, 5) is 1.95. The third-order valence-corrected chi connectivity index (χ3v) is 2.78. The first kappa shape index (κ1) is 11.4. The Bertz CT molecular complexity index is 349. The second kappa shape index (κ2) is 5.27. The molecule has 1 N–H and O–H groups in total. The Kier molecular flexibility index (Phi) is 3.74. The standard InChI is InChI=1S/C12H16FNO2/c13-11-4-1-3-10(9-15)12(11)14-5-2-7-16-8-6-14/h1,3-4,15H,2,5-9H2. The summed E-state index contributed by atoms with van der Waals surface area (Å²) in [6, 6.07) is 4.81. The van der Waals surface area contributed by atoms with E-state index in [4.69, 9.17) is 4.74 Å². The number of aliphatic hydroxyl groups excluding tert-OH is 1. The second-order valence-electron chi connectivity index (χ2n) is 3.86. The fourth-order valence-electron chi connectivity index (χ4n) is 2.01. The van der Waals surface area contributed by atoms with E-state index in [2.05, 4.69) is 0 Å². The smallest absolute Gasteiger partial charge is 0.146 e. The normalized spacial score (nSPS) is 17.2. The predicted molar refractivity (Wildman–Crippen MR) is 60.0 cm³/mol. The summed E-state index contributed by atoms with van der Waals surface area (Å²) < 4.78 is 19.1. The average Bonchev–Trinajstić information content (AvgIpc) is 2.57. The zero-order valence-corrected chi connectivity index (χ0v) is 9.16. The largest absolute Gasteiger partial charge is 0.392 e. The predicted octanol–water partition coefficient (Wildman–Crippen LogP) is 1.54. The average molecular weight is 225 g/mol. The zero-order valence-electron chi connectivity index (χ0n) is 9.16. The highest BCUT2D eigenvalue weighted by Crippen LogP contribution is 2.25. The zero-order chi connectivity index (χ0) is 11.4. The van der Waals surface area contributed by atoms with Crippen molar-refractivity contribution in [2.24, 2.45) is 0 Å². The van der Waals surface area contributed by atoms with Crippen molar-refractivity contribution in [1.82, 2.24) is 0 Å². The van der Waals surface area contributed by atoms with Crippen molar-refractivity contribution in [2.45, 2.75) is 13.0 Å². The maximum atomic E-state index is 13.8. The lowest BCUT2D eigenvalue weighted by atomic mass is 10.1. The van der Waals surface area contributed by atoms with Crippen LogP contribution in [0.1, 0.15) is 12.0 Å². The fraction of sp³-hybridized carbons (Fsp3) is 0.500. The Labute approximate surface area is 94.4 Å². The van der Waals surface area contributed by atoms with E-state index in [1.54, 1.807) is 12.1 Å². The van der Waals surface area contributed by atoms with Crippen molar-refractivity contribution in [3.8, 4) is 0 Å². The van der Waals surface area contributed by atoms with Gasteiger partial charge in [-0.2, -0.15) is 0 Å². The first-order valence-corrected chi connectivity index (χ1v) is 5.54. The van der Waals surface area contributed by atoms with Gasteiger partial charge in [0.25, 0.3) is 0 Å².